The molecule has 21 heavy (non-hydrogen) atoms. The van der Waals surface area contributed by atoms with Crippen LogP contribution in [0.2, 0.25) is 0 Å². The second-order valence-electron chi connectivity index (χ2n) is 4.97. The molecule has 0 atom stereocenters. The number of hydrogen-bond acceptors (Lipinski definition) is 4. The van der Waals surface area contributed by atoms with Crippen molar-refractivity contribution < 1.29 is 4.74 Å². The smallest absolute Gasteiger partial charge is 0.214 e. The van der Waals surface area contributed by atoms with Crippen molar-refractivity contribution in [1.29, 1.82) is 5.26 Å². The van der Waals surface area contributed by atoms with Gasteiger partial charge in [0.25, 0.3) is 0 Å². The van der Waals surface area contributed by atoms with Gasteiger partial charge in [-0.3, -0.25) is 4.99 Å². The molecule has 5 heteroatoms. The van der Waals surface area contributed by atoms with Gasteiger partial charge in [-0.15, -0.1) is 0 Å². The number of nitriles is 1. The lowest BCUT2D eigenvalue weighted by molar-refractivity contribution is 0.385. The van der Waals surface area contributed by atoms with Crippen molar-refractivity contribution in [3.63, 3.8) is 0 Å². The Morgan fingerprint density at radius 2 is 2.29 bits per heavy atom. The number of allylic oxidation sites excluding steroid dienone is 1. The lowest BCUT2D eigenvalue weighted by Gasteiger charge is -2.10. The Morgan fingerprint density at radius 1 is 1.38 bits per heavy atom. The zero-order valence-electron chi connectivity index (χ0n) is 11.9. The summed E-state index contributed by atoms with van der Waals surface area (Å²) in [6, 6.07) is 7.84. The van der Waals surface area contributed by atoms with Crippen LogP contribution in [0.25, 0.3) is 5.52 Å². The Kier molecular flexibility index (Phi) is 3.69. The minimum absolute atomic E-state index is 0.407. The fraction of sp³-hybridized carbons (Fsp3) is 0.312. The molecule has 2 aromatic rings. The van der Waals surface area contributed by atoms with Crippen molar-refractivity contribution in [1.82, 2.24) is 9.61 Å². The maximum atomic E-state index is 9.04. The van der Waals surface area contributed by atoms with Crippen LogP contribution < -0.4 is 4.74 Å². The fourth-order valence-electron chi connectivity index (χ4n) is 2.55. The van der Waals surface area contributed by atoms with Crippen LogP contribution >= 0.6 is 0 Å². The number of aromatic nitrogens is 2. The first-order chi connectivity index (χ1) is 10.3. The zero-order valence-corrected chi connectivity index (χ0v) is 11.9. The van der Waals surface area contributed by atoms with Crippen molar-refractivity contribution in [3.05, 3.63) is 41.1 Å². The largest absolute Gasteiger partial charge is 0.481 e. The van der Waals surface area contributed by atoms with Crippen LogP contribution in [0, 0.1) is 11.3 Å². The highest BCUT2D eigenvalue weighted by Crippen LogP contribution is 2.23. The number of methoxy groups -OCH3 is 1. The first-order valence-corrected chi connectivity index (χ1v) is 6.95. The Hall–Kier alpha value is -2.61. The molecule has 5 nitrogen and oxygen atoms in total. The molecule has 3 heterocycles. The second kappa shape index (κ2) is 5.80. The quantitative estimate of drug-likeness (QED) is 0.864. The highest BCUT2D eigenvalue weighted by Gasteiger charge is 2.11. The summed E-state index contributed by atoms with van der Waals surface area (Å²) in [5.41, 5.74) is 3.94. The first-order valence-electron chi connectivity index (χ1n) is 6.95. The van der Waals surface area contributed by atoms with Crippen molar-refractivity contribution in [2.45, 2.75) is 19.3 Å². The third-order valence-electron chi connectivity index (χ3n) is 3.69. The maximum Gasteiger partial charge on any atom is 0.214 e. The van der Waals surface area contributed by atoms with Crippen LogP contribution in [0.5, 0.6) is 5.88 Å². The molecular formula is C16H16N4O. The second-order valence-corrected chi connectivity index (χ2v) is 4.97. The number of dihydropyridines is 1. The van der Waals surface area contributed by atoms with E-state index in [9.17, 15) is 0 Å². The summed E-state index contributed by atoms with van der Waals surface area (Å²) in [5, 5.41) is 13.3. The Labute approximate surface area is 123 Å². The molecule has 0 saturated heterocycles. The van der Waals surface area contributed by atoms with Gasteiger partial charge in [-0.05, 0) is 30.9 Å². The van der Waals surface area contributed by atoms with Gasteiger partial charge in [0.05, 0.1) is 12.6 Å². The molecule has 0 N–H and O–H groups in total. The van der Waals surface area contributed by atoms with E-state index in [0.717, 1.165) is 31.3 Å². The van der Waals surface area contributed by atoms with Crippen molar-refractivity contribution >= 4 is 11.7 Å². The number of fused-ring (bicyclic) bond motifs is 1. The molecule has 0 saturated carbocycles. The SMILES string of the molecule is COc1ccc(CCC2=CC=NCC2)c2cc(C#N)nn12. The van der Waals surface area contributed by atoms with Crippen molar-refractivity contribution in [2.75, 3.05) is 13.7 Å². The van der Waals surface area contributed by atoms with E-state index in [1.807, 2.05) is 18.3 Å². The van der Waals surface area contributed by atoms with Crippen LogP contribution in [0.3, 0.4) is 0 Å². The van der Waals surface area contributed by atoms with Crippen molar-refractivity contribution in [2.24, 2.45) is 4.99 Å². The number of pyridine rings is 1. The molecule has 3 rings (SSSR count). The van der Waals surface area contributed by atoms with Crippen LogP contribution in [-0.4, -0.2) is 29.5 Å². The molecule has 1 aliphatic heterocycles. The number of aliphatic imine (C=N–C) groups is 1. The monoisotopic (exact) mass is 280 g/mol. The van der Waals surface area contributed by atoms with Gasteiger partial charge in [0, 0.05) is 24.9 Å². The summed E-state index contributed by atoms with van der Waals surface area (Å²) < 4.78 is 7.00. The van der Waals surface area contributed by atoms with Gasteiger partial charge in [0.15, 0.2) is 5.69 Å². The zero-order chi connectivity index (χ0) is 14.7. The predicted molar refractivity (Wildman–Crippen MR) is 80.8 cm³/mol. The molecule has 0 amide bonds. The standard InChI is InChI=1S/C16H16N4O/c1-21-16-5-4-13(3-2-12-6-8-18-9-7-12)15-10-14(11-17)19-20(15)16/h4-6,8,10H,2-3,7,9H2,1H3. The van der Waals surface area contributed by atoms with E-state index < -0.39 is 0 Å². The van der Waals surface area contributed by atoms with Gasteiger partial charge >= 0.3 is 0 Å². The summed E-state index contributed by atoms with van der Waals surface area (Å²) in [7, 11) is 1.61. The molecule has 0 spiro atoms. The summed E-state index contributed by atoms with van der Waals surface area (Å²) in [6.45, 7) is 0.884. The average Bonchev–Trinajstić information content (AvgIpc) is 2.98. The fourth-order valence-corrected chi connectivity index (χ4v) is 2.55. The van der Waals surface area contributed by atoms with E-state index in [0.29, 0.717) is 11.6 Å². The van der Waals surface area contributed by atoms with Crippen LogP contribution in [0.15, 0.2) is 34.8 Å². The predicted octanol–water partition coefficient (Wildman–Crippen LogP) is 2.55. The van der Waals surface area contributed by atoms with E-state index in [1.165, 1.54) is 11.1 Å². The lowest BCUT2D eigenvalue weighted by Crippen LogP contribution is -2.01. The third kappa shape index (κ3) is 2.65. The van der Waals surface area contributed by atoms with Gasteiger partial charge in [-0.1, -0.05) is 11.6 Å². The van der Waals surface area contributed by atoms with Gasteiger partial charge in [-0.2, -0.15) is 14.9 Å². The number of hydrogen-bond donors (Lipinski definition) is 0. The number of aryl methyl sites for hydroxylation is 1. The highest BCUT2D eigenvalue weighted by molar-refractivity contribution is 5.73. The van der Waals surface area contributed by atoms with E-state index >= 15 is 0 Å². The van der Waals surface area contributed by atoms with Crippen molar-refractivity contribution in [3.8, 4) is 11.9 Å². The van der Waals surface area contributed by atoms with Gasteiger partial charge in [0.2, 0.25) is 5.88 Å². The Bertz CT molecular complexity index is 764. The molecule has 1 aliphatic rings. The van der Waals surface area contributed by atoms with E-state index in [2.05, 4.69) is 28.3 Å². The molecule has 0 unspecified atom stereocenters. The summed E-state index contributed by atoms with van der Waals surface area (Å²) in [5.74, 6) is 0.638. The number of nitrogens with zero attached hydrogens (tertiary/aromatic N) is 4. The normalized spacial score (nSPS) is 14.0. The third-order valence-corrected chi connectivity index (χ3v) is 3.69. The molecule has 0 aromatic carbocycles. The summed E-state index contributed by atoms with van der Waals surface area (Å²) in [6.07, 6.45) is 6.94. The number of ether oxygens (including phenoxy) is 1. The Balaban J connectivity index is 1.91. The average molecular weight is 280 g/mol. The summed E-state index contributed by atoms with van der Waals surface area (Å²) in [4.78, 5) is 4.20. The van der Waals surface area contributed by atoms with E-state index in [4.69, 9.17) is 10.00 Å². The minimum atomic E-state index is 0.407. The molecule has 0 fully saturated rings. The Morgan fingerprint density at radius 3 is 3.00 bits per heavy atom. The van der Waals surface area contributed by atoms with Crippen LogP contribution in [-0.2, 0) is 6.42 Å². The van der Waals surface area contributed by atoms with E-state index in [-0.39, 0.29) is 0 Å². The van der Waals surface area contributed by atoms with Gasteiger partial charge < -0.3 is 4.74 Å². The molecule has 0 bridgehead atoms. The molecule has 2 aromatic heterocycles. The van der Waals surface area contributed by atoms with E-state index in [1.54, 1.807) is 11.6 Å². The van der Waals surface area contributed by atoms with Gasteiger partial charge in [0.1, 0.15) is 6.07 Å². The first kappa shape index (κ1) is 13.4. The maximum absolute atomic E-state index is 9.04. The summed E-state index contributed by atoms with van der Waals surface area (Å²) >= 11 is 0. The molecular weight excluding hydrogens is 264 g/mol. The topological polar surface area (TPSA) is 62.7 Å². The number of rotatable bonds is 4. The molecule has 0 radical (unpaired) electrons. The molecule has 106 valence electrons. The minimum Gasteiger partial charge on any atom is -0.481 e. The highest BCUT2D eigenvalue weighted by atomic mass is 16.5. The van der Waals surface area contributed by atoms with Crippen LogP contribution in [0.1, 0.15) is 24.1 Å². The van der Waals surface area contributed by atoms with Gasteiger partial charge in [-0.25, -0.2) is 0 Å². The van der Waals surface area contributed by atoms with Crippen LogP contribution in [0.4, 0.5) is 0 Å². The molecule has 0 aliphatic carbocycles. The lowest BCUT2D eigenvalue weighted by atomic mass is 10.0.